The van der Waals surface area contributed by atoms with E-state index in [4.69, 9.17) is 4.74 Å². The Morgan fingerprint density at radius 2 is 2.18 bits per heavy atom. The molecule has 1 saturated carbocycles. The molecule has 0 saturated heterocycles. The van der Waals surface area contributed by atoms with Gasteiger partial charge in [-0.25, -0.2) is 0 Å². The molecule has 1 heteroatoms. The molecule has 0 spiro atoms. The van der Waals surface area contributed by atoms with Crippen LogP contribution in [-0.2, 0) is 4.74 Å². The van der Waals surface area contributed by atoms with E-state index in [2.05, 4.69) is 6.92 Å². The third-order valence-corrected chi connectivity index (χ3v) is 2.76. The summed E-state index contributed by atoms with van der Waals surface area (Å²) in [6.45, 7) is 2.27. The van der Waals surface area contributed by atoms with E-state index in [0.29, 0.717) is 6.10 Å². The van der Waals surface area contributed by atoms with Gasteiger partial charge >= 0.3 is 0 Å². The molecule has 11 heavy (non-hydrogen) atoms. The number of rotatable bonds is 3. The topological polar surface area (TPSA) is 9.23 Å². The number of hydrogen-bond donors (Lipinski definition) is 0. The second-order valence-electron chi connectivity index (χ2n) is 3.68. The fourth-order valence-corrected chi connectivity index (χ4v) is 2.13. The number of ether oxygens (including phenoxy) is 1. The van der Waals surface area contributed by atoms with Crippen molar-refractivity contribution in [1.29, 1.82) is 0 Å². The van der Waals surface area contributed by atoms with E-state index in [1.165, 1.54) is 38.5 Å². The molecule has 0 aromatic rings. The molecular weight excluding hydrogens is 136 g/mol. The van der Waals surface area contributed by atoms with Gasteiger partial charge in [-0.3, -0.25) is 0 Å². The molecule has 2 unspecified atom stereocenters. The highest BCUT2D eigenvalue weighted by molar-refractivity contribution is 4.72. The highest BCUT2D eigenvalue weighted by Crippen LogP contribution is 2.28. The largest absolute Gasteiger partial charge is 0.381 e. The van der Waals surface area contributed by atoms with Crippen LogP contribution in [0.25, 0.3) is 0 Å². The first kappa shape index (κ1) is 9.05. The van der Waals surface area contributed by atoms with Crippen molar-refractivity contribution >= 4 is 0 Å². The first-order valence-corrected chi connectivity index (χ1v) is 4.89. The van der Waals surface area contributed by atoms with Crippen molar-refractivity contribution in [3.8, 4) is 0 Å². The van der Waals surface area contributed by atoms with Crippen molar-refractivity contribution in [2.45, 2.75) is 51.6 Å². The van der Waals surface area contributed by atoms with Gasteiger partial charge in [0.2, 0.25) is 0 Å². The van der Waals surface area contributed by atoms with E-state index in [-0.39, 0.29) is 0 Å². The van der Waals surface area contributed by atoms with Gasteiger partial charge < -0.3 is 4.74 Å². The van der Waals surface area contributed by atoms with Crippen molar-refractivity contribution in [2.75, 3.05) is 7.11 Å². The van der Waals surface area contributed by atoms with Crippen LogP contribution in [0.5, 0.6) is 0 Å². The van der Waals surface area contributed by atoms with Crippen LogP contribution in [0.3, 0.4) is 0 Å². The average Bonchev–Trinajstić information content (AvgIpc) is 2.06. The van der Waals surface area contributed by atoms with Crippen LogP contribution in [0.4, 0.5) is 0 Å². The quantitative estimate of drug-likeness (QED) is 0.610. The van der Waals surface area contributed by atoms with Crippen LogP contribution in [0.2, 0.25) is 0 Å². The van der Waals surface area contributed by atoms with Gasteiger partial charge in [-0.2, -0.15) is 0 Å². The maximum Gasteiger partial charge on any atom is 0.0574 e. The average molecular weight is 156 g/mol. The maximum atomic E-state index is 5.37. The second kappa shape index (κ2) is 4.76. The van der Waals surface area contributed by atoms with Gasteiger partial charge in [-0.1, -0.05) is 32.6 Å². The van der Waals surface area contributed by atoms with Crippen molar-refractivity contribution in [3.05, 3.63) is 0 Å². The fourth-order valence-electron chi connectivity index (χ4n) is 2.13. The van der Waals surface area contributed by atoms with Crippen molar-refractivity contribution in [3.63, 3.8) is 0 Å². The summed E-state index contributed by atoms with van der Waals surface area (Å²) in [5, 5.41) is 0. The molecule has 66 valence electrons. The standard InChI is InChI=1S/C10H20O/c1-3-5-9-6-4-7-10(8-9)11-2/h9-10H,3-8H2,1-2H3. The summed E-state index contributed by atoms with van der Waals surface area (Å²) in [7, 11) is 1.85. The van der Waals surface area contributed by atoms with Crippen molar-refractivity contribution in [2.24, 2.45) is 5.92 Å². The summed E-state index contributed by atoms with van der Waals surface area (Å²) in [6, 6.07) is 0. The zero-order valence-electron chi connectivity index (χ0n) is 7.81. The molecule has 0 N–H and O–H groups in total. The van der Waals surface area contributed by atoms with Crippen LogP contribution < -0.4 is 0 Å². The summed E-state index contributed by atoms with van der Waals surface area (Å²) >= 11 is 0. The Balaban J connectivity index is 2.21. The Morgan fingerprint density at radius 1 is 1.36 bits per heavy atom. The molecule has 0 aromatic heterocycles. The lowest BCUT2D eigenvalue weighted by Crippen LogP contribution is -2.21. The predicted octanol–water partition coefficient (Wildman–Crippen LogP) is 2.99. The lowest BCUT2D eigenvalue weighted by molar-refractivity contribution is 0.0489. The Morgan fingerprint density at radius 3 is 2.82 bits per heavy atom. The zero-order chi connectivity index (χ0) is 8.10. The lowest BCUT2D eigenvalue weighted by Gasteiger charge is -2.27. The van der Waals surface area contributed by atoms with E-state index in [9.17, 15) is 0 Å². The van der Waals surface area contributed by atoms with E-state index in [1.807, 2.05) is 7.11 Å². The molecule has 1 aliphatic carbocycles. The van der Waals surface area contributed by atoms with Gasteiger partial charge in [0, 0.05) is 7.11 Å². The summed E-state index contributed by atoms with van der Waals surface area (Å²) in [5.74, 6) is 0.957. The highest BCUT2D eigenvalue weighted by atomic mass is 16.5. The molecule has 0 radical (unpaired) electrons. The van der Waals surface area contributed by atoms with Gasteiger partial charge in [0.05, 0.1) is 6.10 Å². The van der Waals surface area contributed by atoms with Crippen molar-refractivity contribution < 1.29 is 4.74 Å². The maximum absolute atomic E-state index is 5.37. The van der Waals surface area contributed by atoms with Crippen LogP contribution in [0.1, 0.15) is 45.4 Å². The van der Waals surface area contributed by atoms with E-state index in [0.717, 1.165) is 5.92 Å². The van der Waals surface area contributed by atoms with Gasteiger partial charge in [0.25, 0.3) is 0 Å². The molecule has 2 atom stereocenters. The molecule has 1 fully saturated rings. The summed E-state index contributed by atoms with van der Waals surface area (Å²) in [4.78, 5) is 0. The molecule has 1 rings (SSSR count). The van der Waals surface area contributed by atoms with E-state index >= 15 is 0 Å². The van der Waals surface area contributed by atoms with Gasteiger partial charge in [-0.05, 0) is 18.8 Å². The SMILES string of the molecule is CCCC1CCCC(OC)C1. The van der Waals surface area contributed by atoms with Crippen LogP contribution in [0.15, 0.2) is 0 Å². The Labute approximate surface area is 70.1 Å². The normalized spacial score (nSPS) is 32.2. The van der Waals surface area contributed by atoms with Crippen LogP contribution in [-0.4, -0.2) is 13.2 Å². The minimum absolute atomic E-state index is 0.570. The highest BCUT2D eigenvalue weighted by Gasteiger charge is 2.20. The summed E-state index contributed by atoms with van der Waals surface area (Å²) in [6.07, 6.45) is 8.72. The Hall–Kier alpha value is -0.0400. The molecule has 0 aromatic carbocycles. The first-order valence-electron chi connectivity index (χ1n) is 4.89. The van der Waals surface area contributed by atoms with Crippen molar-refractivity contribution in [1.82, 2.24) is 0 Å². The molecule has 0 bridgehead atoms. The van der Waals surface area contributed by atoms with E-state index in [1.54, 1.807) is 0 Å². The van der Waals surface area contributed by atoms with Crippen LogP contribution >= 0.6 is 0 Å². The molecule has 0 amide bonds. The molecule has 1 nitrogen and oxygen atoms in total. The summed E-state index contributed by atoms with van der Waals surface area (Å²) in [5.41, 5.74) is 0. The minimum atomic E-state index is 0.570. The molecule has 0 aliphatic heterocycles. The lowest BCUT2D eigenvalue weighted by atomic mass is 9.84. The number of hydrogen-bond acceptors (Lipinski definition) is 1. The summed E-state index contributed by atoms with van der Waals surface area (Å²) < 4.78 is 5.37. The van der Waals surface area contributed by atoms with Gasteiger partial charge in [0.15, 0.2) is 0 Å². The zero-order valence-corrected chi connectivity index (χ0v) is 7.81. The minimum Gasteiger partial charge on any atom is -0.381 e. The fraction of sp³-hybridized carbons (Fsp3) is 1.00. The van der Waals surface area contributed by atoms with Gasteiger partial charge in [0.1, 0.15) is 0 Å². The third-order valence-electron chi connectivity index (χ3n) is 2.76. The third kappa shape index (κ3) is 2.82. The molecule has 0 heterocycles. The second-order valence-corrected chi connectivity index (χ2v) is 3.68. The molecule has 1 aliphatic rings. The number of methoxy groups -OCH3 is 1. The van der Waals surface area contributed by atoms with E-state index < -0.39 is 0 Å². The Kier molecular flexibility index (Phi) is 3.92. The van der Waals surface area contributed by atoms with Crippen LogP contribution in [0, 0.1) is 5.92 Å². The molecular formula is C10H20O. The predicted molar refractivity (Wildman–Crippen MR) is 47.7 cm³/mol. The Bertz CT molecular complexity index is 99.0. The first-order chi connectivity index (χ1) is 5.36. The smallest absolute Gasteiger partial charge is 0.0574 e. The monoisotopic (exact) mass is 156 g/mol. The van der Waals surface area contributed by atoms with Gasteiger partial charge in [-0.15, -0.1) is 0 Å².